The molecule has 0 radical (unpaired) electrons. The zero-order chi connectivity index (χ0) is 11.1. The second-order valence-electron chi connectivity index (χ2n) is 4.33. The van der Waals surface area contributed by atoms with Gasteiger partial charge in [0, 0.05) is 17.8 Å². The molecule has 3 heterocycles. The van der Waals surface area contributed by atoms with E-state index in [9.17, 15) is 4.79 Å². The predicted octanol–water partition coefficient (Wildman–Crippen LogP) is 1.98. The van der Waals surface area contributed by atoms with Crippen LogP contribution in [0.2, 0.25) is 0 Å². The van der Waals surface area contributed by atoms with Gasteiger partial charge >= 0.3 is 0 Å². The van der Waals surface area contributed by atoms with E-state index in [0.717, 1.165) is 37.1 Å². The lowest BCUT2D eigenvalue weighted by atomic mass is 10.0. The molecule has 0 bridgehead atoms. The van der Waals surface area contributed by atoms with Crippen molar-refractivity contribution < 1.29 is 4.74 Å². The van der Waals surface area contributed by atoms with Crippen LogP contribution in [0.4, 0.5) is 0 Å². The maximum Gasteiger partial charge on any atom is 0.293 e. The molecule has 0 spiro atoms. The van der Waals surface area contributed by atoms with E-state index in [1.54, 1.807) is 0 Å². The SMILES string of the molecule is CCC1=CCOc2c1cc1n(c2=O)CCC1. The number of pyridine rings is 1. The third-order valence-electron chi connectivity index (χ3n) is 3.44. The maximum absolute atomic E-state index is 12.2. The average Bonchev–Trinajstić information content (AvgIpc) is 2.77. The van der Waals surface area contributed by atoms with E-state index in [0.29, 0.717) is 12.4 Å². The van der Waals surface area contributed by atoms with Crippen LogP contribution in [0.3, 0.4) is 0 Å². The van der Waals surface area contributed by atoms with Crippen LogP contribution in [0.25, 0.3) is 5.57 Å². The highest BCUT2D eigenvalue weighted by atomic mass is 16.5. The zero-order valence-corrected chi connectivity index (χ0v) is 9.45. The lowest BCUT2D eigenvalue weighted by Gasteiger charge is -2.19. The van der Waals surface area contributed by atoms with E-state index in [-0.39, 0.29) is 5.56 Å². The summed E-state index contributed by atoms with van der Waals surface area (Å²) in [5, 5.41) is 0. The third kappa shape index (κ3) is 1.24. The Morgan fingerprint density at radius 1 is 1.50 bits per heavy atom. The molecule has 3 heteroatoms. The zero-order valence-electron chi connectivity index (χ0n) is 9.45. The van der Waals surface area contributed by atoms with E-state index in [1.807, 2.05) is 4.57 Å². The van der Waals surface area contributed by atoms with Crippen molar-refractivity contribution in [2.45, 2.75) is 32.7 Å². The first-order chi connectivity index (χ1) is 7.81. The summed E-state index contributed by atoms with van der Waals surface area (Å²) in [7, 11) is 0. The predicted molar refractivity (Wildman–Crippen MR) is 62.8 cm³/mol. The minimum absolute atomic E-state index is 0.0593. The number of hydrogen-bond acceptors (Lipinski definition) is 2. The molecule has 2 aliphatic heterocycles. The summed E-state index contributed by atoms with van der Waals surface area (Å²) in [5.74, 6) is 0.560. The highest BCUT2D eigenvalue weighted by molar-refractivity contribution is 5.72. The molecule has 2 aliphatic rings. The van der Waals surface area contributed by atoms with Crippen molar-refractivity contribution >= 4 is 5.57 Å². The molecule has 0 aromatic carbocycles. The van der Waals surface area contributed by atoms with Gasteiger partial charge in [-0.15, -0.1) is 0 Å². The van der Waals surface area contributed by atoms with Gasteiger partial charge in [-0.25, -0.2) is 0 Å². The summed E-state index contributed by atoms with van der Waals surface area (Å²) in [6, 6.07) is 2.14. The second-order valence-corrected chi connectivity index (χ2v) is 4.33. The number of aryl methyl sites for hydroxylation is 1. The summed E-state index contributed by atoms with van der Waals surface area (Å²) >= 11 is 0. The summed E-state index contributed by atoms with van der Waals surface area (Å²) in [5.41, 5.74) is 3.48. The molecule has 0 saturated carbocycles. The van der Waals surface area contributed by atoms with Gasteiger partial charge in [-0.05, 0) is 37.0 Å². The van der Waals surface area contributed by atoms with Gasteiger partial charge in [0.1, 0.15) is 6.61 Å². The first-order valence-electron chi connectivity index (χ1n) is 5.90. The molecular weight excluding hydrogens is 202 g/mol. The molecule has 3 rings (SSSR count). The van der Waals surface area contributed by atoms with Crippen LogP contribution >= 0.6 is 0 Å². The molecule has 0 unspecified atom stereocenters. The van der Waals surface area contributed by atoms with Gasteiger partial charge in [-0.3, -0.25) is 4.79 Å². The second kappa shape index (κ2) is 3.51. The van der Waals surface area contributed by atoms with E-state index >= 15 is 0 Å². The molecule has 0 aliphatic carbocycles. The molecule has 0 N–H and O–H groups in total. The van der Waals surface area contributed by atoms with Gasteiger partial charge < -0.3 is 9.30 Å². The largest absolute Gasteiger partial charge is 0.483 e. The fourth-order valence-electron chi connectivity index (χ4n) is 2.60. The summed E-state index contributed by atoms with van der Waals surface area (Å²) in [6.45, 7) is 3.49. The van der Waals surface area contributed by atoms with Crippen LogP contribution in [-0.2, 0) is 13.0 Å². The molecule has 1 aromatic heterocycles. The number of aromatic nitrogens is 1. The van der Waals surface area contributed by atoms with E-state index in [4.69, 9.17) is 4.74 Å². The summed E-state index contributed by atoms with van der Waals surface area (Å²) in [4.78, 5) is 12.2. The molecule has 0 amide bonds. The van der Waals surface area contributed by atoms with Crippen molar-refractivity contribution in [3.8, 4) is 5.75 Å². The normalized spacial score (nSPS) is 17.4. The van der Waals surface area contributed by atoms with Crippen molar-refractivity contribution in [2.75, 3.05) is 6.61 Å². The molecule has 1 aromatic rings. The molecule has 84 valence electrons. The Morgan fingerprint density at radius 3 is 3.19 bits per heavy atom. The Bertz CT molecular complexity index is 525. The fourth-order valence-corrected chi connectivity index (χ4v) is 2.60. The smallest absolute Gasteiger partial charge is 0.293 e. The Morgan fingerprint density at radius 2 is 2.38 bits per heavy atom. The van der Waals surface area contributed by atoms with Crippen molar-refractivity contribution in [1.29, 1.82) is 0 Å². The van der Waals surface area contributed by atoms with E-state index in [2.05, 4.69) is 19.1 Å². The number of rotatable bonds is 1. The minimum Gasteiger partial charge on any atom is -0.483 e. The van der Waals surface area contributed by atoms with Crippen LogP contribution < -0.4 is 10.3 Å². The molecule has 0 fully saturated rings. The van der Waals surface area contributed by atoms with Crippen LogP contribution in [0, 0.1) is 0 Å². The molecule has 0 saturated heterocycles. The summed E-state index contributed by atoms with van der Waals surface area (Å²) < 4.78 is 7.36. The quantitative estimate of drug-likeness (QED) is 0.720. The highest BCUT2D eigenvalue weighted by Gasteiger charge is 2.22. The van der Waals surface area contributed by atoms with E-state index in [1.165, 1.54) is 5.57 Å². The topological polar surface area (TPSA) is 31.2 Å². The van der Waals surface area contributed by atoms with Crippen molar-refractivity contribution in [2.24, 2.45) is 0 Å². The van der Waals surface area contributed by atoms with Gasteiger partial charge in [-0.2, -0.15) is 0 Å². The third-order valence-corrected chi connectivity index (χ3v) is 3.44. The maximum atomic E-state index is 12.2. The van der Waals surface area contributed by atoms with Crippen molar-refractivity contribution in [1.82, 2.24) is 4.57 Å². The molecular formula is C13H15NO2. The first-order valence-corrected chi connectivity index (χ1v) is 5.90. The number of hydrogen-bond donors (Lipinski definition) is 0. The molecule has 16 heavy (non-hydrogen) atoms. The van der Waals surface area contributed by atoms with Crippen LogP contribution in [0.1, 0.15) is 31.0 Å². The van der Waals surface area contributed by atoms with Crippen molar-refractivity contribution in [3.05, 3.63) is 33.8 Å². The summed E-state index contributed by atoms with van der Waals surface area (Å²) in [6.07, 6.45) is 5.12. The van der Waals surface area contributed by atoms with Crippen molar-refractivity contribution in [3.63, 3.8) is 0 Å². The van der Waals surface area contributed by atoms with Gasteiger partial charge in [-0.1, -0.05) is 6.92 Å². The average molecular weight is 217 g/mol. The minimum atomic E-state index is 0.0593. The highest BCUT2D eigenvalue weighted by Crippen LogP contribution is 2.31. The Balaban J connectivity index is 2.26. The number of ether oxygens (including phenoxy) is 1. The standard InChI is InChI=1S/C13H15NO2/c1-2-9-5-7-16-12-11(9)8-10-4-3-6-14(10)13(12)15/h5,8H,2-4,6-7H2,1H3. The monoisotopic (exact) mass is 217 g/mol. The Labute approximate surface area is 94.4 Å². The number of fused-ring (bicyclic) bond motifs is 2. The van der Waals surface area contributed by atoms with Crippen LogP contribution in [0.15, 0.2) is 16.9 Å². The first kappa shape index (κ1) is 9.70. The molecule has 0 atom stereocenters. The van der Waals surface area contributed by atoms with Crippen LogP contribution in [-0.4, -0.2) is 11.2 Å². The Hall–Kier alpha value is -1.51. The van der Waals surface area contributed by atoms with Gasteiger partial charge in [0.15, 0.2) is 5.75 Å². The number of nitrogens with zero attached hydrogens (tertiary/aromatic N) is 1. The lowest BCUT2D eigenvalue weighted by Crippen LogP contribution is -2.24. The molecule has 3 nitrogen and oxygen atoms in total. The fraction of sp³-hybridized carbons (Fsp3) is 0.462. The van der Waals surface area contributed by atoms with E-state index < -0.39 is 0 Å². The lowest BCUT2D eigenvalue weighted by molar-refractivity contribution is 0.348. The van der Waals surface area contributed by atoms with Gasteiger partial charge in [0.2, 0.25) is 0 Å². The number of allylic oxidation sites excluding steroid dienone is 1. The Kier molecular flexibility index (Phi) is 2.13. The van der Waals surface area contributed by atoms with Crippen LogP contribution in [0.5, 0.6) is 5.75 Å². The van der Waals surface area contributed by atoms with Gasteiger partial charge in [0.05, 0.1) is 0 Å². The van der Waals surface area contributed by atoms with Gasteiger partial charge in [0.25, 0.3) is 5.56 Å².